The van der Waals surface area contributed by atoms with Crippen molar-refractivity contribution in [2.24, 2.45) is 11.8 Å². The van der Waals surface area contributed by atoms with Crippen LogP contribution in [0.5, 0.6) is 0 Å². The average Bonchev–Trinajstić information content (AvgIpc) is 2.72. The summed E-state index contributed by atoms with van der Waals surface area (Å²) < 4.78 is 18.5. The fraction of sp³-hybridized carbons (Fsp3) is 0.667. The van der Waals surface area contributed by atoms with Crippen molar-refractivity contribution in [3.05, 3.63) is 48.0 Å². The number of carbonyl (C=O) groups is 1. The Labute approximate surface area is 196 Å². The van der Waals surface area contributed by atoms with Gasteiger partial charge in [-0.05, 0) is 61.4 Å². The maximum Gasteiger partial charge on any atom is 0.309 e. The van der Waals surface area contributed by atoms with E-state index in [2.05, 4.69) is 46.9 Å². The molecule has 1 aromatic rings. The number of ether oxygens (including phenoxy) is 2. The molecule has 1 aliphatic heterocycles. The zero-order chi connectivity index (χ0) is 23.8. The van der Waals surface area contributed by atoms with Crippen LogP contribution in [0, 0.1) is 11.8 Å². The summed E-state index contributed by atoms with van der Waals surface area (Å²) in [7, 11) is -1.87. The fourth-order valence-corrected chi connectivity index (χ4v) is 5.06. The van der Waals surface area contributed by atoms with Gasteiger partial charge in [-0.3, -0.25) is 4.79 Å². The monoisotopic (exact) mass is 460 g/mol. The molecule has 0 aromatic heterocycles. The highest BCUT2D eigenvalue weighted by molar-refractivity contribution is 6.74. The van der Waals surface area contributed by atoms with Gasteiger partial charge in [0.15, 0.2) is 8.32 Å². The maximum absolute atomic E-state index is 12.8. The van der Waals surface area contributed by atoms with Crippen molar-refractivity contribution in [2.75, 3.05) is 6.61 Å². The van der Waals surface area contributed by atoms with E-state index in [4.69, 9.17) is 13.9 Å². The van der Waals surface area contributed by atoms with Gasteiger partial charge in [-0.1, -0.05) is 71.0 Å². The van der Waals surface area contributed by atoms with E-state index < -0.39 is 8.32 Å². The van der Waals surface area contributed by atoms with Gasteiger partial charge in [0.1, 0.15) is 6.10 Å². The molecule has 4 atom stereocenters. The molecular weight excluding hydrogens is 416 g/mol. The van der Waals surface area contributed by atoms with Crippen LogP contribution in [0.3, 0.4) is 0 Å². The Kier molecular flexibility index (Phi) is 10.2. The third-order valence-corrected chi connectivity index (χ3v) is 11.5. The molecule has 5 heteroatoms. The van der Waals surface area contributed by atoms with E-state index >= 15 is 0 Å². The van der Waals surface area contributed by atoms with Crippen molar-refractivity contribution in [1.29, 1.82) is 0 Å². The van der Waals surface area contributed by atoms with Crippen LogP contribution in [0.15, 0.2) is 42.5 Å². The number of rotatable bonds is 6. The van der Waals surface area contributed by atoms with E-state index in [1.807, 2.05) is 43.3 Å². The highest BCUT2D eigenvalue weighted by atomic mass is 28.4. The second kappa shape index (κ2) is 12.1. The Hall–Kier alpha value is -1.43. The Morgan fingerprint density at radius 1 is 1.06 bits per heavy atom. The maximum atomic E-state index is 12.8. The molecule has 0 bridgehead atoms. The van der Waals surface area contributed by atoms with Crippen LogP contribution < -0.4 is 0 Å². The molecule has 0 spiro atoms. The third-order valence-electron chi connectivity index (χ3n) is 6.97. The zero-order valence-corrected chi connectivity index (χ0v) is 22.2. The van der Waals surface area contributed by atoms with Gasteiger partial charge < -0.3 is 13.9 Å². The number of cyclic esters (lactones) is 1. The van der Waals surface area contributed by atoms with Crippen molar-refractivity contribution in [3.8, 4) is 0 Å². The molecule has 0 aliphatic carbocycles. The molecule has 2 rings (SSSR count). The molecule has 4 nitrogen and oxygen atoms in total. The van der Waals surface area contributed by atoms with Crippen molar-refractivity contribution >= 4 is 14.3 Å². The first-order valence-corrected chi connectivity index (χ1v) is 15.1. The fourth-order valence-electron chi connectivity index (χ4n) is 3.60. The lowest BCUT2D eigenvalue weighted by Crippen LogP contribution is -2.45. The van der Waals surface area contributed by atoms with Gasteiger partial charge in [-0.15, -0.1) is 0 Å². The molecule has 0 saturated heterocycles. The van der Waals surface area contributed by atoms with Crippen LogP contribution in [0.2, 0.25) is 18.1 Å². The van der Waals surface area contributed by atoms with Crippen LogP contribution in [0.4, 0.5) is 0 Å². The lowest BCUT2D eigenvalue weighted by molar-refractivity contribution is -0.154. The Balaban J connectivity index is 2.01. The lowest BCUT2D eigenvalue weighted by atomic mass is 9.92. The minimum atomic E-state index is -1.87. The summed E-state index contributed by atoms with van der Waals surface area (Å²) in [5, 5.41) is 0.174. The Bertz CT molecular complexity index is 723. The summed E-state index contributed by atoms with van der Waals surface area (Å²) in [4.78, 5) is 12.8. The van der Waals surface area contributed by atoms with Crippen molar-refractivity contribution in [3.63, 3.8) is 0 Å². The molecule has 0 fully saturated rings. The van der Waals surface area contributed by atoms with E-state index in [1.54, 1.807) is 0 Å². The van der Waals surface area contributed by atoms with Crippen LogP contribution in [-0.4, -0.2) is 33.1 Å². The van der Waals surface area contributed by atoms with E-state index in [1.165, 1.54) is 0 Å². The first-order chi connectivity index (χ1) is 15.0. The first kappa shape index (κ1) is 26.8. The highest BCUT2D eigenvalue weighted by Crippen LogP contribution is 2.39. The summed E-state index contributed by atoms with van der Waals surface area (Å²) in [5.41, 5.74) is 1.12. The molecule has 1 aliphatic rings. The van der Waals surface area contributed by atoms with E-state index in [9.17, 15) is 4.79 Å². The standard InChI is InChI=1S/C27H44O4Si/c1-21-13-11-12-16-24(20-29-19-23-14-9-8-10-15-23)30-26(28)22(2)17-18-25(21)31-32(6,7)27(3,4)5/h8-10,12,14-16,21-22,24-25H,11,13,17-20H2,1-7H3/b16-12+/t21-,22-,24+,25-/m1/s1. The minimum absolute atomic E-state index is 0.151. The summed E-state index contributed by atoms with van der Waals surface area (Å²) in [6.45, 7) is 16.6. The van der Waals surface area contributed by atoms with Gasteiger partial charge in [0.05, 0.1) is 19.1 Å². The van der Waals surface area contributed by atoms with Crippen molar-refractivity contribution in [2.45, 2.75) is 97.2 Å². The number of esters is 1. The quantitative estimate of drug-likeness (QED) is 0.263. The third kappa shape index (κ3) is 8.49. The predicted molar refractivity (Wildman–Crippen MR) is 134 cm³/mol. The summed E-state index contributed by atoms with van der Waals surface area (Å²) >= 11 is 0. The summed E-state index contributed by atoms with van der Waals surface area (Å²) in [6, 6.07) is 10.1. The van der Waals surface area contributed by atoms with Crippen LogP contribution in [-0.2, 0) is 25.3 Å². The summed E-state index contributed by atoms with van der Waals surface area (Å²) in [5.74, 6) is 0.142. The topological polar surface area (TPSA) is 44.8 Å². The van der Waals surface area contributed by atoms with Crippen molar-refractivity contribution < 1.29 is 18.7 Å². The summed E-state index contributed by atoms with van der Waals surface area (Å²) in [6.07, 6.45) is 7.65. The van der Waals surface area contributed by atoms with E-state index in [0.29, 0.717) is 19.1 Å². The molecule has 1 aromatic carbocycles. The molecule has 32 heavy (non-hydrogen) atoms. The minimum Gasteiger partial charge on any atom is -0.455 e. The molecule has 0 saturated carbocycles. The SMILES string of the molecule is C[C@@H]1CC[C@@H](O[Si](C)(C)C(C)(C)C)[C@H](C)CC/C=C/[C@@H](COCc2ccccc2)OC1=O. The van der Waals surface area contributed by atoms with Crippen LogP contribution in [0.25, 0.3) is 0 Å². The average molecular weight is 461 g/mol. The van der Waals surface area contributed by atoms with Gasteiger partial charge >= 0.3 is 5.97 Å². The van der Waals surface area contributed by atoms with Gasteiger partial charge in [0.25, 0.3) is 0 Å². The second-order valence-electron chi connectivity index (χ2n) is 10.9. The number of allylic oxidation sites excluding steroid dienone is 1. The molecule has 1 heterocycles. The van der Waals surface area contributed by atoms with E-state index in [0.717, 1.165) is 31.2 Å². The van der Waals surface area contributed by atoms with Crippen LogP contribution in [0.1, 0.15) is 65.9 Å². The molecule has 180 valence electrons. The Morgan fingerprint density at radius 2 is 1.75 bits per heavy atom. The molecule has 0 amide bonds. The van der Waals surface area contributed by atoms with Gasteiger partial charge in [-0.2, -0.15) is 0 Å². The number of benzene rings is 1. The molecular formula is C27H44O4Si. The number of hydrogen-bond donors (Lipinski definition) is 0. The van der Waals surface area contributed by atoms with Crippen molar-refractivity contribution in [1.82, 2.24) is 0 Å². The largest absolute Gasteiger partial charge is 0.455 e. The van der Waals surface area contributed by atoms with Gasteiger partial charge in [0, 0.05) is 6.10 Å². The Morgan fingerprint density at radius 3 is 2.41 bits per heavy atom. The van der Waals surface area contributed by atoms with Gasteiger partial charge in [-0.25, -0.2) is 0 Å². The van der Waals surface area contributed by atoms with Crippen LogP contribution >= 0.6 is 0 Å². The number of carbonyl (C=O) groups excluding carboxylic acids is 1. The molecule has 0 N–H and O–H groups in total. The first-order valence-electron chi connectivity index (χ1n) is 12.2. The highest BCUT2D eigenvalue weighted by Gasteiger charge is 2.40. The predicted octanol–water partition coefficient (Wildman–Crippen LogP) is 6.91. The second-order valence-corrected chi connectivity index (χ2v) is 15.6. The van der Waals surface area contributed by atoms with E-state index in [-0.39, 0.29) is 29.1 Å². The molecule has 0 radical (unpaired) electrons. The molecule has 0 unspecified atom stereocenters. The van der Waals surface area contributed by atoms with Gasteiger partial charge in [0.2, 0.25) is 0 Å². The lowest BCUT2D eigenvalue weighted by Gasteiger charge is -2.41. The number of hydrogen-bond acceptors (Lipinski definition) is 4. The zero-order valence-electron chi connectivity index (χ0n) is 21.2. The normalized spacial score (nSPS) is 27.2. The smallest absolute Gasteiger partial charge is 0.309 e.